The van der Waals surface area contributed by atoms with Gasteiger partial charge in [0.2, 0.25) is 0 Å². The van der Waals surface area contributed by atoms with Crippen LogP contribution in [0.1, 0.15) is 23.0 Å². The van der Waals surface area contributed by atoms with Crippen LogP contribution >= 0.6 is 15.9 Å². The van der Waals surface area contributed by atoms with Crippen molar-refractivity contribution in [1.29, 1.82) is 0 Å². The number of hydrogen-bond acceptors (Lipinski definition) is 3. The molecule has 0 bridgehead atoms. The van der Waals surface area contributed by atoms with E-state index in [2.05, 4.69) is 21.0 Å². The fourth-order valence-electron chi connectivity index (χ4n) is 1.71. The van der Waals surface area contributed by atoms with Crippen molar-refractivity contribution in [2.45, 2.75) is 19.4 Å². The van der Waals surface area contributed by atoms with Crippen molar-refractivity contribution in [2.24, 2.45) is 12.8 Å². The second-order valence-corrected chi connectivity index (χ2v) is 4.63. The van der Waals surface area contributed by atoms with Crippen molar-refractivity contribution in [1.82, 2.24) is 9.78 Å². The zero-order chi connectivity index (χ0) is 11.7. The fourth-order valence-corrected chi connectivity index (χ4v) is 2.21. The molecule has 0 amide bonds. The maximum atomic E-state index is 6.10. The highest BCUT2D eigenvalue weighted by molar-refractivity contribution is 9.10. The minimum Gasteiger partial charge on any atom is -0.472 e. The molecule has 2 N–H and O–H groups in total. The van der Waals surface area contributed by atoms with E-state index in [1.807, 2.05) is 24.7 Å². The van der Waals surface area contributed by atoms with Gasteiger partial charge in [0.1, 0.15) is 0 Å². The molecule has 0 fully saturated rings. The third kappa shape index (κ3) is 2.05. The summed E-state index contributed by atoms with van der Waals surface area (Å²) in [5.74, 6) is 0. The van der Waals surface area contributed by atoms with Crippen molar-refractivity contribution in [2.75, 3.05) is 0 Å². The van der Waals surface area contributed by atoms with E-state index in [1.54, 1.807) is 12.5 Å². The summed E-state index contributed by atoms with van der Waals surface area (Å²) in [6, 6.07) is 1.83. The van der Waals surface area contributed by atoms with E-state index in [9.17, 15) is 0 Å². The number of nitrogens with zero attached hydrogens (tertiary/aromatic N) is 2. The van der Waals surface area contributed by atoms with Gasteiger partial charge in [-0.2, -0.15) is 5.10 Å². The zero-order valence-corrected chi connectivity index (χ0v) is 10.9. The zero-order valence-electron chi connectivity index (χ0n) is 9.27. The van der Waals surface area contributed by atoms with Crippen LogP contribution in [-0.4, -0.2) is 9.78 Å². The Morgan fingerprint density at radius 3 is 2.88 bits per heavy atom. The Hall–Kier alpha value is -1.07. The quantitative estimate of drug-likeness (QED) is 0.941. The number of aryl methyl sites for hydroxylation is 2. The maximum absolute atomic E-state index is 6.10. The van der Waals surface area contributed by atoms with Crippen molar-refractivity contribution >= 4 is 15.9 Å². The van der Waals surface area contributed by atoms with E-state index in [4.69, 9.17) is 10.2 Å². The lowest BCUT2D eigenvalue weighted by molar-refractivity contribution is 0.555. The molecule has 0 saturated heterocycles. The highest BCUT2D eigenvalue weighted by atomic mass is 79.9. The Morgan fingerprint density at radius 2 is 2.38 bits per heavy atom. The number of nitrogens with two attached hydrogens (primary N) is 1. The SMILES string of the molecule is Cc1nn(C)c(CC(N)c2ccoc2)c1Br. The molecule has 1 atom stereocenters. The number of aromatic nitrogens is 2. The van der Waals surface area contributed by atoms with Gasteiger partial charge in [0.25, 0.3) is 0 Å². The molecule has 1 unspecified atom stereocenters. The molecule has 5 heteroatoms. The van der Waals surface area contributed by atoms with E-state index >= 15 is 0 Å². The fraction of sp³-hybridized carbons (Fsp3) is 0.364. The molecule has 0 saturated carbocycles. The monoisotopic (exact) mass is 283 g/mol. The van der Waals surface area contributed by atoms with Gasteiger partial charge in [-0.05, 0) is 28.9 Å². The first-order valence-electron chi connectivity index (χ1n) is 5.05. The van der Waals surface area contributed by atoms with Crippen molar-refractivity contribution in [3.8, 4) is 0 Å². The molecular formula is C11H14BrN3O. The Bertz CT molecular complexity index is 476. The summed E-state index contributed by atoms with van der Waals surface area (Å²) in [5, 5.41) is 4.34. The van der Waals surface area contributed by atoms with Crippen LogP contribution in [0.4, 0.5) is 0 Å². The Kier molecular flexibility index (Phi) is 3.16. The molecule has 2 heterocycles. The molecule has 2 rings (SSSR count). The van der Waals surface area contributed by atoms with E-state index in [1.165, 1.54) is 0 Å². The van der Waals surface area contributed by atoms with Crippen molar-refractivity contribution < 1.29 is 4.42 Å². The van der Waals surface area contributed by atoms with Crippen LogP contribution in [0.15, 0.2) is 27.5 Å². The summed E-state index contributed by atoms with van der Waals surface area (Å²) < 4.78 is 7.92. The number of furan rings is 1. The third-order valence-electron chi connectivity index (χ3n) is 2.65. The lowest BCUT2D eigenvalue weighted by atomic mass is 10.1. The summed E-state index contributed by atoms with van der Waals surface area (Å²) in [6.07, 6.45) is 4.05. The molecule has 0 aliphatic carbocycles. The minimum absolute atomic E-state index is 0.0650. The molecule has 16 heavy (non-hydrogen) atoms. The molecular weight excluding hydrogens is 270 g/mol. The molecule has 2 aromatic heterocycles. The summed E-state index contributed by atoms with van der Waals surface area (Å²) in [7, 11) is 1.93. The maximum Gasteiger partial charge on any atom is 0.0950 e. The van der Waals surface area contributed by atoms with Crippen LogP contribution in [0.25, 0.3) is 0 Å². The number of halogens is 1. The number of hydrogen-bond donors (Lipinski definition) is 1. The van der Waals surface area contributed by atoms with Gasteiger partial charge in [-0.15, -0.1) is 0 Å². The highest BCUT2D eigenvalue weighted by Crippen LogP contribution is 2.24. The first-order valence-corrected chi connectivity index (χ1v) is 5.84. The van der Waals surface area contributed by atoms with Gasteiger partial charge >= 0.3 is 0 Å². The minimum atomic E-state index is -0.0650. The van der Waals surface area contributed by atoms with Crippen molar-refractivity contribution in [3.05, 3.63) is 40.0 Å². The topological polar surface area (TPSA) is 57.0 Å². The molecule has 0 aromatic carbocycles. The second-order valence-electron chi connectivity index (χ2n) is 3.84. The summed E-state index contributed by atoms with van der Waals surface area (Å²) in [5.41, 5.74) is 9.19. The van der Waals surface area contributed by atoms with Gasteiger partial charge in [0.15, 0.2) is 0 Å². The van der Waals surface area contributed by atoms with Gasteiger partial charge in [0, 0.05) is 25.1 Å². The number of rotatable bonds is 3. The summed E-state index contributed by atoms with van der Waals surface area (Å²) >= 11 is 3.53. The lowest BCUT2D eigenvalue weighted by Crippen LogP contribution is -2.15. The normalized spacial score (nSPS) is 13.0. The molecule has 4 nitrogen and oxygen atoms in total. The van der Waals surface area contributed by atoms with E-state index in [0.717, 1.165) is 27.8 Å². The predicted octanol–water partition coefficient (Wildman–Crippen LogP) is 2.33. The van der Waals surface area contributed by atoms with Crippen LogP contribution in [0, 0.1) is 6.92 Å². The van der Waals surface area contributed by atoms with E-state index in [0.29, 0.717) is 0 Å². The molecule has 0 radical (unpaired) electrons. The second kappa shape index (κ2) is 4.43. The van der Waals surface area contributed by atoms with Crippen LogP contribution in [-0.2, 0) is 13.5 Å². The van der Waals surface area contributed by atoms with E-state index < -0.39 is 0 Å². The molecule has 86 valence electrons. The van der Waals surface area contributed by atoms with E-state index in [-0.39, 0.29) is 6.04 Å². The average molecular weight is 284 g/mol. The molecule has 2 aromatic rings. The smallest absolute Gasteiger partial charge is 0.0950 e. The highest BCUT2D eigenvalue weighted by Gasteiger charge is 2.15. The lowest BCUT2D eigenvalue weighted by Gasteiger charge is -2.09. The van der Waals surface area contributed by atoms with Gasteiger partial charge in [-0.3, -0.25) is 4.68 Å². The summed E-state index contributed by atoms with van der Waals surface area (Å²) in [6.45, 7) is 1.97. The van der Waals surface area contributed by atoms with Gasteiger partial charge in [-0.1, -0.05) is 0 Å². The standard InChI is InChI=1S/C11H14BrN3O/c1-7-11(12)10(15(2)14-7)5-9(13)8-3-4-16-6-8/h3-4,6,9H,5,13H2,1-2H3. The van der Waals surface area contributed by atoms with Gasteiger partial charge in [0.05, 0.1) is 28.4 Å². The largest absolute Gasteiger partial charge is 0.472 e. The molecule has 0 aliphatic heterocycles. The average Bonchev–Trinajstić information content (AvgIpc) is 2.83. The Balaban J connectivity index is 2.21. The summed E-state index contributed by atoms with van der Waals surface area (Å²) in [4.78, 5) is 0. The predicted molar refractivity (Wildman–Crippen MR) is 65.0 cm³/mol. The Morgan fingerprint density at radius 1 is 1.62 bits per heavy atom. The van der Waals surface area contributed by atoms with Gasteiger partial charge in [-0.25, -0.2) is 0 Å². The first kappa shape index (κ1) is 11.4. The van der Waals surface area contributed by atoms with Crippen LogP contribution in [0.5, 0.6) is 0 Å². The van der Waals surface area contributed by atoms with Crippen molar-refractivity contribution in [3.63, 3.8) is 0 Å². The Labute approximate surface area is 103 Å². The third-order valence-corrected chi connectivity index (χ3v) is 3.68. The van der Waals surface area contributed by atoms with Crippen LogP contribution < -0.4 is 5.73 Å². The first-order chi connectivity index (χ1) is 7.59. The van der Waals surface area contributed by atoms with Crippen LogP contribution in [0.3, 0.4) is 0 Å². The molecule has 0 aliphatic rings. The van der Waals surface area contributed by atoms with Crippen LogP contribution in [0.2, 0.25) is 0 Å². The molecule has 0 spiro atoms. The van der Waals surface area contributed by atoms with Gasteiger partial charge < -0.3 is 10.2 Å².